The minimum atomic E-state index is -1.13. The van der Waals surface area contributed by atoms with E-state index in [1.54, 1.807) is 44.2 Å². The SMILES string of the molecule is CCOC(=O)c1ccc(Oc2ccc3c(c2)OCO3)c(NC(=O)C2(C)CC2(Cl)Cl)c1. The van der Waals surface area contributed by atoms with Crippen molar-refractivity contribution in [2.45, 2.75) is 24.6 Å². The van der Waals surface area contributed by atoms with Crippen molar-refractivity contribution in [1.82, 2.24) is 0 Å². The van der Waals surface area contributed by atoms with E-state index >= 15 is 0 Å². The Morgan fingerprint density at radius 2 is 1.87 bits per heavy atom. The van der Waals surface area contributed by atoms with Gasteiger partial charge in [-0.1, -0.05) is 0 Å². The smallest absolute Gasteiger partial charge is 0.338 e. The van der Waals surface area contributed by atoms with Crippen molar-refractivity contribution < 1.29 is 28.5 Å². The van der Waals surface area contributed by atoms with Crippen LogP contribution in [-0.4, -0.2) is 29.6 Å². The van der Waals surface area contributed by atoms with Crippen LogP contribution in [0.3, 0.4) is 0 Å². The van der Waals surface area contributed by atoms with Crippen LogP contribution in [0.25, 0.3) is 0 Å². The van der Waals surface area contributed by atoms with Gasteiger partial charge in [0.1, 0.15) is 10.1 Å². The molecule has 0 bridgehead atoms. The van der Waals surface area contributed by atoms with Gasteiger partial charge in [0.25, 0.3) is 0 Å². The van der Waals surface area contributed by atoms with E-state index < -0.39 is 15.7 Å². The van der Waals surface area contributed by atoms with Crippen LogP contribution in [0.4, 0.5) is 5.69 Å². The third-order valence-electron chi connectivity index (χ3n) is 5.07. The summed E-state index contributed by atoms with van der Waals surface area (Å²) in [6.45, 7) is 3.77. The molecule has 1 unspecified atom stereocenters. The maximum atomic E-state index is 12.8. The zero-order valence-electron chi connectivity index (χ0n) is 16.3. The van der Waals surface area contributed by atoms with Crippen LogP contribution in [0, 0.1) is 5.41 Å². The molecule has 158 valence electrons. The molecule has 0 spiro atoms. The molecule has 1 aliphatic heterocycles. The van der Waals surface area contributed by atoms with Gasteiger partial charge >= 0.3 is 5.97 Å². The fraction of sp³-hybridized carbons (Fsp3) is 0.333. The van der Waals surface area contributed by atoms with Crippen molar-refractivity contribution in [2.24, 2.45) is 5.41 Å². The number of esters is 1. The highest BCUT2D eigenvalue weighted by atomic mass is 35.5. The molecule has 2 aromatic carbocycles. The molecule has 4 rings (SSSR count). The summed E-state index contributed by atoms with van der Waals surface area (Å²) in [4.78, 5) is 24.9. The second kappa shape index (κ2) is 7.56. The lowest BCUT2D eigenvalue weighted by Crippen LogP contribution is -2.26. The maximum Gasteiger partial charge on any atom is 0.338 e. The summed E-state index contributed by atoms with van der Waals surface area (Å²) in [5.41, 5.74) is -0.374. The second-order valence-electron chi connectivity index (χ2n) is 7.22. The minimum absolute atomic E-state index is 0.144. The van der Waals surface area contributed by atoms with E-state index in [1.165, 1.54) is 6.07 Å². The number of nitrogens with one attached hydrogen (secondary N) is 1. The fourth-order valence-corrected chi connectivity index (χ4v) is 3.74. The number of amides is 1. The van der Waals surface area contributed by atoms with E-state index in [-0.39, 0.29) is 24.9 Å². The first kappa shape index (κ1) is 20.6. The molecule has 9 heteroatoms. The highest BCUT2D eigenvalue weighted by molar-refractivity contribution is 6.53. The number of hydrogen-bond donors (Lipinski definition) is 1. The van der Waals surface area contributed by atoms with E-state index in [1.807, 2.05) is 0 Å². The van der Waals surface area contributed by atoms with Crippen molar-refractivity contribution in [1.29, 1.82) is 0 Å². The first-order valence-corrected chi connectivity index (χ1v) is 10.1. The Bertz CT molecular complexity index is 1020. The van der Waals surface area contributed by atoms with Gasteiger partial charge in [-0.2, -0.15) is 0 Å². The summed E-state index contributed by atoms with van der Waals surface area (Å²) in [6, 6.07) is 9.75. The van der Waals surface area contributed by atoms with Gasteiger partial charge in [0.15, 0.2) is 17.2 Å². The number of anilines is 1. The number of hydrogen-bond acceptors (Lipinski definition) is 6. The Morgan fingerprint density at radius 1 is 1.13 bits per heavy atom. The molecular formula is C21H19Cl2NO6. The second-order valence-corrected chi connectivity index (χ2v) is 8.70. The van der Waals surface area contributed by atoms with E-state index in [4.69, 9.17) is 42.1 Å². The highest BCUT2D eigenvalue weighted by Crippen LogP contribution is 2.64. The number of rotatable bonds is 6. The topological polar surface area (TPSA) is 83.1 Å². The lowest BCUT2D eigenvalue weighted by atomic mass is 10.1. The number of benzene rings is 2. The Labute approximate surface area is 183 Å². The van der Waals surface area contributed by atoms with E-state index in [0.29, 0.717) is 35.1 Å². The molecule has 30 heavy (non-hydrogen) atoms. The van der Waals surface area contributed by atoms with E-state index in [0.717, 1.165) is 0 Å². The van der Waals surface area contributed by atoms with Gasteiger partial charge in [0.05, 0.1) is 23.3 Å². The van der Waals surface area contributed by atoms with Crippen molar-refractivity contribution in [3.8, 4) is 23.0 Å². The Kier molecular flexibility index (Phi) is 5.20. The molecule has 1 fully saturated rings. The average Bonchev–Trinajstić information content (AvgIpc) is 3.03. The van der Waals surface area contributed by atoms with Crippen LogP contribution in [0.15, 0.2) is 36.4 Å². The first-order valence-electron chi connectivity index (χ1n) is 9.31. The molecule has 1 heterocycles. The van der Waals surface area contributed by atoms with Gasteiger partial charge in [-0.25, -0.2) is 4.79 Å². The Hall–Kier alpha value is -2.64. The van der Waals surface area contributed by atoms with Gasteiger partial charge in [0.2, 0.25) is 12.7 Å². The number of carbonyl (C=O) groups is 2. The van der Waals surface area contributed by atoms with E-state index in [2.05, 4.69) is 5.32 Å². The highest BCUT2D eigenvalue weighted by Gasteiger charge is 2.68. The fourth-order valence-electron chi connectivity index (χ4n) is 3.03. The molecule has 2 aromatic rings. The quantitative estimate of drug-likeness (QED) is 0.496. The Balaban J connectivity index is 1.63. The van der Waals surface area contributed by atoms with Crippen LogP contribution in [0.2, 0.25) is 0 Å². The molecule has 1 atom stereocenters. The van der Waals surface area contributed by atoms with E-state index in [9.17, 15) is 9.59 Å². The molecule has 0 saturated heterocycles. The van der Waals surface area contributed by atoms with Crippen LogP contribution < -0.4 is 19.5 Å². The average molecular weight is 452 g/mol. The summed E-state index contributed by atoms with van der Waals surface area (Å²) in [5.74, 6) is 1.10. The minimum Gasteiger partial charge on any atom is -0.462 e. The largest absolute Gasteiger partial charge is 0.462 e. The summed E-state index contributed by atoms with van der Waals surface area (Å²) >= 11 is 12.3. The molecule has 0 radical (unpaired) electrons. The summed E-state index contributed by atoms with van der Waals surface area (Å²) < 4.78 is 20.5. The Morgan fingerprint density at radius 3 is 2.57 bits per heavy atom. The standard InChI is InChI=1S/C21H19Cl2NO6/c1-3-27-18(25)12-4-6-15(30-13-5-7-16-17(9-13)29-11-28-16)14(8-12)24-19(26)20(2)10-21(20,22)23/h4-9H,3,10-11H2,1-2H3,(H,24,26). The number of ether oxygens (including phenoxy) is 4. The van der Waals surface area contributed by atoms with Crippen molar-refractivity contribution in [2.75, 3.05) is 18.7 Å². The van der Waals surface area contributed by atoms with Crippen LogP contribution >= 0.6 is 23.2 Å². The zero-order valence-corrected chi connectivity index (χ0v) is 17.8. The van der Waals surface area contributed by atoms with Crippen molar-refractivity contribution in [3.63, 3.8) is 0 Å². The van der Waals surface area contributed by atoms with Crippen molar-refractivity contribution in [3.05, 3.63) is 42.0 Å². The van der Waals surface area contributed by atoms with Crippen molar-refractivity contribution >= 4 is 40.8 Å². The van der Waals surface area contributed by atoms with Gasteiger partial charge in [-0.15, -0.1) is 23.2 Å². The summed E-state index contributed by atoms with van der Waals surface area (Å²) in [6.07, 6.45) is 0.324. The zero-order chi connectivity index (χ0) is 21.5. The van der Waals surface area contributed by atoms with Gasteiger partial charge < -0.3 is 24.3 Å². The molecule has 2 aliphatic rings. The van der Waals surface area contributed by atoms with Gasteiger partial charge in [-0.3, -0.25) is 4.79 Å². The lowest BCUT2D eigenvalue weighted by molar-refractivity contribution is -0.120. The number of halogens is 2. The monoisotopic (exact) mass is 451 g/mol. The molecule has 1 amide bonds. The molecular weight excluding hydrogens is 433 g/mol. The number of carbonyl (C=O) groups excluding carboxylic acids is 2. The van der Waals surface area contributed by atoms with Crippen LogP contribution in [-0.2, 0) is 9.53 Å². The molecule has 1 saturated carbocycles. The molecule has 0 aromatic heterocycles. The third-order valence-corrected chi connectivity index (χ3v) is 6.17. The normalized spacial score (nSPS) is 20.4. The third kappa shape index (κ3) is 3.75. The summed E-state index contributed by atoms with van der Waals surface area (Å²) in [7, 11) is 0. The number of fused-ring (bicyclic) bond motifs is 1. The molecule has 7 nitrogen and oxygen atoms in total. The van der Waals surface area contributed by atoms with Crippen LogP contribution in [0.1, 0.15) is 30.6 Å². The summed E-state index contributed by atoms with van der Waals surface area (Å²) in [5, 5.41) is 2.78. The number of alkyl halides is 2. The van der Waals surface area contributed by atoms with Crippen LogP contribution in [0.5, 0.6) is 23.0 Å². The predicted octanol–water partition coefficient (Wildman–Crippen LogP) is 4.91. The molecule has 1 N–H and O–H groups in total. The predicted molar refractivity (Wildman–Crippen MR) is 111 cm³/mol. The molecule has 1 aliphatic carbocycles. The maximum absolute atomic E-state index is 12.8. The van der Waals surface area contributed by atoms with Gasteiger partial charge in [0, 0.05) is 6.07 Å². The first-order chi connectivity index (χ1) is 14.2. The van der Waals surface area contributed by atoms with Gasteiger partial charge in [-0.05, 0) is 50.6 Å². The lowest BCUT2D eigenvalue weighted by Gasteiger charge is -2.17.